The molecule has 1 aliphatic heterocycles. The summed E-state index contributed by atoms with van der Waals surface area (Å²) >= 11 is 0. The van der Waals surface area contributed by atoms with Gasteiger partial charge in [-0.05, 0) is 12.1 Å². The van der Waals surface area contributed by atoms with Crippen LogP contribution in [0.2, 0.25) is 0 Å². The Labute approximate surface area is 144 Å². The van der Waals surface area contributed by atoms with E-state index in [0.717, 1.165) is 0 Å². The molecule has 25 heavy (non-hydrogen) atoms. The first-order valence-electron chi connectivity index (χ1n) is 7.72. The number of nitrogens with two attached hydrogens (primary N) is 1. The predicted octanol–water partition coefficient (Wildman–Crippen LogP) is 0.672. The smallest absolute Gasteiger partial charge is 0.321 e. The molecule has 3 rings (SSSR count). The Balaban J connectivity index is 1.53. The number of aromatic nitrogens is 2. The molecule has 1 atom stereocenters. The van der Waals surface area contributed by atoms with Gasteiger partial charge in [-0.3, -0.25) is 9.48 Å². The molecule has 0 fully saturated rings. The summed E-state index contributed by atoms with van der Waals surface area (Å²) in [5.74, 6) is 0.862. The lowest BCUT2D eigenvalue weighted by atomic mass is 10.2. The second-order valence-electron chi connectivity index (χ2n) is 5.70. The zero-order valence-corrected chi connectivity index (χ0v) is 13.7. The second kappa shape index (κ2) is 7.12. The van der Waals surface area contributed by atoms with Gasteiger partial charge in [-0.15, -0.1) is 0 Å². The first-order chi connectivity index (χ1) is 12.0. The molecule has 0 spiro atoms. The van der Waals surface area contributed by atoms with Crippen LogP contribution in [0.1, 0.15) is 0 Å². The molecule has 9 nitrogen and oxygen atoms in total. The van der Waals surface area contributed by atoms with Crippen molar-refractivity contribution < 1.29 is 19.1 Å². The van der Waals surface area contributed by atoms with E-state index in [1.807, 2.05) is 24.3 Å². The van der Waals surface area contributed by atoms with Gasteiger partial charge >= 0.3 is 6.03 Å². The number of nitrogens with zero attached hydrogens (tertiary/aromatic N) is 3. The van der Waals surface area contributed by atoms with E-state index in [-0.39, 0.29) is 18.7 Å². The Morgan fingerprint density at radius 1 is 1.40 bits per heavy atom. The third-order valence-corrected chi connectivity index (χ3v) is 3.59. The normalized spacial score (nSPS) is 15.5. The van der Waals surface area contributed by atoms with Crippen LogP contribution in [0.25, 0.3) is 0 Å². The van der Waals surface area contributed by atoms with E-state index >= 15 is 0 Å². The maximum absolute atomic E-state index is 12.3. The van der Waals surface area contributed by atoms with Gasteiger partial charge in [-0.25, -0.2) is 4.79 Å². The lowest BCUT2D eigenvalue weighted by Gasteiger charge is -2.29. The molecule has 0 saturated heterocycles. The number of urea groups is 1. The molecule has 9 heteroatoms. The van der Waals surface area contributed by atoms with Crippen molar-refractivity contribution in [2.45, 2.75) is 12.6 Å². The predicted molar refractivity (Wildman–Crippen MR) is 89.4 cm³/mol. The molecule has 1 aromatic heterocycles. The zero-order chi connectivity index (χ0) is 17.8. The van der Waals surface area contributed by atoms with E-state index < -0.39 is 5.91 Å². The van der Waals surface area contributed by atoms with Crippen molar-refractivity contribution in [1.29, 1.82) is 0 Å². The standard InChI is InChI=1S/C16H19N5O4/c1-20(8-12-10-24-13-4-2-3-5-14(13)25-12)16(23)19-11-6-18-21(7-11)9-15(17)22/h2-7,12H,8-10H2,1H3,(H2,17,22)(H,19,23)/t12-/m0/s1. The first-order valence-corrected chi connectivity index (χ1v) is 7.72. The van der Waals surface area contributed by atoms with Crippen LogP contribution in [-0.4, -0.2) is 52.9 Å². The van der Waals surface area contributed by atoms with E-state index in [4.69, 9.17) is 15.2 Å². The number of carbonyl (C=O) groups is 2. The number of fused-ring (bicyclic) bond motifs is 1. The zero-order valence-electron chi connectivity index (χ0n) is 13.7. The van der Waals surface area contributed by atoms with E-state index in [1.54, 1.807) is 7.05 Å². The van der Waals surface area contributed by atoms with Gasteiger partial charge in [0, 0.05) is 13.2 Å². The maximum atomic E-state index is 12.3. The van der Waals surface area contributed by atoms with Gasteiger partial charge in [0.05, 0.1) is 18.4 Å². The van der Waals surface area contributed by atoms with Gasteiger partial charge in [-0.1, -0.05) is 12.1 Å². The molecule has 3 N–H and O–H groups in total. The molecule has 1 aliphatic rings. The van der Waals surface area contributed by atoms with E-state index in [2.05, 4.69) is 10.4 Å². The number of carbonyl (C=O) groups excluding carboxylic acids is 2. The largest absolute Gasteiger partial charge is 0.486 e. The highest BCUT2D eigenvalue weighted by molar-refractivity contribution is 5.88. The molecule has 3 amide bonds. The van der Waals surface area contributed by atoms with Crippen LogP contribution in [0.3, 0.4) is 0 Å². The second-order valence-corrected chi connectivity index (χ2v) is 5.70. The van der Waals surface area contributed by atoms with Crippen LogP contribution in [0.15, 0.2) is 36.7 Å². The highest BCUT2D eigenvalue weighted by Gasteiger charge is 2.23. The Morgan fingerprint density at radius 2 is 2.16 bits per heavy atom. The van der Waals surface area contributed by atoms with E-state index in [0.29, 0.717) is 30.3 Å². The highest BCUT2D eigenvalue weighted by Crippen LogP contribution is 2.30. The summed E-state index contributed by atoms with van der Waals surface area (Å²) in [6, 6.07) is 7.09. The van der Waals surface area contributed by atoms with Gasteiger partial charge < -0.3 is 25.4 Å². The monoisotopic (exact) mass is 345 g/mol. The van der Waals surface area contributed by atoms with Crippen molar-refractivity contribution in [1.82, 2.24) is 14.7 Å². The van der Waals surface area contributed by atoms with Crippen molar-refractivity contribution in [2.24, 2.45) is 5.73 Å². The van der Waals surface area contributed by atoms with Gasteiger partial charge in [0.1, 0.15) is 13.2 Å². The topological polar surface area (TPSA) is 112 Å². The van der Waals surface area contributed by atoms with Gasteiger partial charge in [0.15, 0.2) is 17.6 Å². The number of likely N-dealkylation sites (N-methyl/N-ethyl adjacent to an activating group) is 1. The Morgan fingerprint density at radius 3 is 2.92 bits per heavy atom. The molecule has 2 aromatic rings. The Hall–Kier alpha value is -3.23. The summed E-state index contributed by atoms with van der Waals surface area (Å²) in [5.41, 5.74) is 5.58. The molecular weight excluding hydrogens is 326 g/mol. The third kappa shape index (κ3) is 4.19. The summed E-state index contributed by atoms with van der Waals surface area (Å²) in [4.78, 5) is 24.6. The number of hydrogen-bond acceptors (Lipinski definition) is 5. The van der Waals surface area contributed by atoms with Crippen molar-refractivity contribution in [3.63, 3.8) is 0 Å². The van der Waals surface area contributed by atoms with Crippen molar-refractivity contribution in [2.75, 3.05) is 25.5 Å². The van der Waals surface area contributed by atoms with Gasteiger partial charge in [0.2, 0.25) is 5.91 Å². The average molecular weight is 345 g/mol. The highest BCUT2D eigenvalue weighted by atomic mass is 16.6. The minimum absolute atomic E-state index is 0.0433. The molecule has 0 bridgehead atoms. The summed E-state index contributed by atoms with van der Waals surface area (Å²) in [6.45, 7) is 0.680. The fourth-order valence-electron chi connectivity index (χ4n) is 2.43. The summed E-state index contributed by atoms with van der Waals surface area (Å²) in [5, 5.41) is 6.65. The summed E-state index contributed by atoms with van der Waals surface area (Å²) in [6.07, 6.45) is 2.72. The van der Waals surface area contributed by atoms with Crippen LogP contribution in [0, 0.1) is 0 Å². The molecular formula is C16H19N5O4. The van der Waals surface area contributed by atoms with Crippen LogP contribution in [0.5, 0.6) is 11.5 Å². The molecule has 0 radical (unpaired) electrons. The Kier molecular flexibility index (Phi) is 4.73. The fraction of sp³-hybridized carbons (Fsp3) is 0.312. The lowest BCUT2D eigenvalue weighted by Crippen LogP contribution is -2.43. The number of ether oxygens (including phenoxy) is 2. The Bertz CT molecular complexity index is 775. The fourth-order valence-corrected chi connectivity index (χ4v) is 2.43. The molecule has 0 aliphatic carbocycles. The first kappa shape index (κ1) is 16.6. The quantitative estimate of drug-likeness (QED) is 0.827. The van der Waals surface area contributed by atoms with Crippen molar-refractivity contribution in [3.8, 4) is 11.5 Å². The number of rotatable bonds is 5. The number of hydrogen-bond donors (Lipinski definition) is 2. The minimum atomic E-state index is -0.507. The van der Waals surface area contributed by atoms with Crippen LogP contribution >= 0.6 is 0 Å². The number of nitrogens with one attached hydrogen (secondary N) is 1. The van der Waals surface area contributed by atoms with Crippen molar-refractivity contribution in [3.05, 3.63) is 36.7 Å². The third-order valence-electron chi connectivity index (χ3n) is 3.59. The number of primary amides is 1. The summed E-state index contributed by atoms with van der Waals surface area (Å²) in [7, 11) is 1.66. The van der Waals surface area contributed by atoms with Gasteiger partial charge in [0.25, 0.3) is 0 Å². The number of amides is 3. The van der Waals surface area contributed by atoms with E-state index in [9.17, 15) is 9.59 Å². The van der Waals surface area contributed by atoms with E-state index in [1.165, 1.54) is 22.0 Å². The maximum Gasteiger partial charge on any atom is 0.321 e. The lowest BCUT2D eigenvalue weighted by molar-refractivity contribution is -0.118. The van der Waals surface area contributed by atoms with Crippen LogP contribution in [-0.2, 0) is 11.3 Å². The average Bonchev–Trinajstić information content (AvgIpc) is 3.00. The SMILES string of the molecule is CN(C[C@H]1COc2ccccc2O1)C(=O)Nc1cnn(CC(N)=O)c1. The van der Waals surface area contributed by atoms with Crippen LogP contribution in [0.4, 0.5) is 10.5 Å². The summed E-state index contributed by atoms with van der Waals surface area (Å²) < 4.78 is 12.8. The van der Waals surface area contributed by atoms with Crippen molar-refractivity contribution >= 4 is 17.6 Å². The van der Waals surface area contributed by atoms with Gasteiger partial charge in [-0.2, -0.15) is 5.10 Å². The molecule has 0 saturated carbocycles. The number of para-hydroxylation sites is 2. The number of benzene rings is 1. The molecule has 1 aromatic carbocycles. The molecule has 132 valence electrons. The number of anilines is 1. The molecule has 0 unspecified atom stereocenters. The van der Waals surface area contributed by atoms with Crippen LogP contribution < -0.4 is 20.5 Å². The minimum Gasteiger partial charge on any atom is -0.486 e. The molecule has 2 heterocycles.